The van der Waals surface area contributed by atoms with E-state index in [2.05, 4.69) is 4.98 Å². The molecule has 15 heavy (non-hydrogen) atoms. The predicted molar refractivity (Wildman–Crippen MR) is 45.6 cm³/mol. The van der Waals surface area contributed by atoms with Crippen molar-refractivity contribution in [3.8, 4) is 0 Å². The molecule has 2 aromatic rings. The second kappa shape index (κ2) is 3.08. The van der Waals surface area contributed by atoms with Crippen LogP contribution in [0.25, 0.3) is 5.52 Å². The molecule has 2 heterocycles. The van der Waals surface area contributed by atoms with Crippen LogP contribution in [0.4, 0.5) is 13.2 Å². The number of nitrogens with zero attached hydrogens (tertiary/aromatic N) is 2. The number of ketones is 1. The third-order valence-corrected chi connectivity index (χ3v) is 1.90. The van der Waals surface area contributed by atoms with Crippen molar-refractivity contribution in [2.24, 2.45) is 0 Å². The van der Waals surface area contributed by atoms with Gasteiger partial charge in [-0.25, -0.2) is 4.98 Å². The maximum atomic E-state index is 12.1. The lowest BCUT2D eigenvalue weighted by molar-refractivity contribution is -0.0892. The van der Waals surface area contributed by atoms with Crippen molar-refractivity contribution in [2.75, 3.05) is 0 Å². The van der Waals surface area contributed by atoms with E-state index in [1.54, 1.807) is 12.1 Å². The first-order chi connectivity index (χ1) is 7.00. The van der Waals surface area contributed by atoms with E-state index >= 15 is 0 Å². The third-order valence-electron chi connectivity index (χ3n) is 1.90. The fraction of sp³-hybridized carbons (Fsp3) is 0.111. The molecule has 0 N–H and O–H groups in total. The Morgan fingerprint density at radius 1 is 1.33 bits per heavy atom. The molecule has 0 amide bonds. The molecule has 78 valence electrons. The van der Waals surface area contributed by atoms with Gasteiger partial charge in [0.1, 0.15) is 0 Å². The van der Waals surface area contributed by atoms with Gasteiger partial charge in [-0.3, -0.25) is 9.20 Å². The van der Waals surface area contributed by atoms with Crippen LogP contribution in [-0.2, 0) is 0 Å². The molecule has 6 heteroatoms. The number of hydrogen-bond acceptors (Lipinski definition) is 2. The summed E-state index contributed by atoms with van der Waals surface area (Å²) < 4.78 is 37.5. The minimum Gasteiger partial charge on any atom is -0.297 e. The van der Waals surface area contributed by atoms with Gasteiger partial charge in [0.2, 0.25) is 0 Å². The van der Waals surface area contributed by atoms with Crippen molar-refractivity contribution in [1.82, 2.24) is 9.38 Å². The van der Waals surface area contributed by atoms with Gasteiger partial charge in [-0.05, 0) is 12.1 Å². The normalized spacial score (nSPS) is 11.9. The number of carbonyl (C=O) groups excluding carboxylic acids is 1. The molecule has 0 atom stereocenters. The Kier molecular flexibility index (Phi) is 1.99. The van der Waals surface area contributed by atoms with Crippen LogP contribution in [0, 0.1) is 0 Å². The van der Waals surface area contributed by atoms with Gasteiger partial charge in [-0.1, -0.05) is 6.07 Å². The number of Topliss-reactive ketones (excluding diaryl/α,β-unsaturated/α-hetero) is 1. The summed E-state index contributed by atoms with van der Waals surface area (Å²) >= 11 is 0. The number of imidazole rings is 1. The number of fused-ring (bicyclic) bond motifs is 1. The molecule has 3 nitrogen and oxygen atoms in total. The molecule has 0 saturated carbocycles. The van der Waals surface area contributed by atoms with E-state index in [9.17, 15) is 18.0 Å². The minimum atomic E-state index is -4.89. The van der Waals surface area contributed by atoms with Gasteiger partial charge in [0, 0.05) is 6.20 Å². The van der Waals surface area contributed by atoms with E-state index in [1.165, 1.54) is 18.5 Å². The van der Waals surface area contributed by atoms with Gasteiger partial charge in [0.15, 0.2) is 5.82 Å². The van der Waals surface area contributed by atoms with Crippen LogP contribution < -0.4 is 0 Å². The number of hydrogen-bond donors (Lipinski definition) is 0. The zero-order chi connectivity index (χ0) is 11.1. The molecule has 0 fully saturated rings. The number of carbonyl (C=O) groups is 1. The second-order valence-electron chi connectivity index (χ2n) is 2.90. The highest BCUT2D eigenvalue weighted by Gasteiger charge is 2.41. The van der Waals surface area contributed by atoms with Gasteiger partial charge in [0.05, 0.1) is 11.7 Å². The fourth-order valence-corrected chi connectivity index (χ4v) is 1.24. The highest BCUT2D eigenvalue weighted by Crippen LogP contribution is 2.21. The minimum absolute atomic E-state index is 0.449. The molecular formula is C9H5F3N2O. The summed E-state index contributed by atoms with van der Waals surface area (Å²) in [7, 11) is 0. The SMILES string of the molecule is O=C(c1ncc2ccccn12)C(F)(F)F. The summed E-state index contributed by atoms with van der Waals surface area (Å²) in [6.45, 7) is 0. The van der Waals surface area contributed by atoms with Gasteiger partial charge in [-0.2, -0.15) is 13.2 Å². The fourth-order valence-electron chi connectivity index (χ4n) is 1.24. The van der Waals surface area contributed by atoms with E-state index in [0.717, 1.165) is 4.40 Å². The Balaban J connectivity index is 2.58. The van der Waals surface area contributed by atoms with E-state index in [0.29, 0.717) is 5.52 Å². The summed E-state index contributed by atoms with van der Waals surface area (Å²) in [6, 6.07) is 4.75. The molecule has 0 aliphatic heterocycles. The Hall–Kier alpha value is -1.85. The first kappa shape index (κ1) is 9.70. The highest BCUT2D eigenvalue weighted by molar-refractivity contribution is 5.98. The van der Waals surface area contributed by atoms with Crippen LogP contribution >= 0.6 is 0 Å². The molecule has 0 radical (unpaired) electrons. The lowest BCUT2D eigenvalue weighted by Crippen LogP contribution is -2.24. The molecule has 0 saturated heterocycles. The van der Waals surface area contributed by atoms with E-state index < -0.39 is 17.8 Å². The predicted octanol–water partition coefficient (Wildman–Crippen LogP) is 2.08. The first-order valence-corrected chi connectivity index (χ1v) is 4.04. The van der Waals surface area contributed by atoms with Crippen molar-refractivity contribution < 1.29 is 18.0 Å². The van der Waals surface area contributed by atoms with E-state index in [-0.39, 0.29) is 0 Å². The smallest absolute Gasteiger partial charge is 0.297 e. The van der Waals surface area contributed by atoms with Crippen LogP contribution in [0.5, 0.6) is 0 Å². The summed E-state index contributed by atoms with van der Waals surface area (Å²) in [4.78, 5) is 14.4. The van der Waals surface area contributed by atoms with Crippen molar-refractivity contribution in [2.45, 2.75) is 6.18 Å². The van der Waals surface area contributed by atoms with E-state index in [4.69, 9.17) is 0 Å². The summed E-state index contributed by atoms with van der Waals surface area (Å²) in [5, 5.41) is 0. The lowest BCUT2D eigenvalue weighted by Gasteiger charge is -2.03. The number of rotatable bonds is 1. The van der Waals surface area contributed by atoms with Crippen LogP contribution in [0.2, 0.25) is 0 Å². The number of alkyl halides is 3. The van der Waals surface area contributed by atoms with Crippen LogP contribution in [0.3, 0.4) is 0 Å². The largest absolute Gasteiger partial charge is 0.458 e. The monoisotopic (exact) mass is 214 g/mol. The number of halogens is 3. The maximum Gasteiger partial charge on any atom is 0.458 e. The molecule has 0 aromatic carbocycles. The molecule has 0 aliphatic rings. The summed E-state index contributed by atoms with van der Waals surface area (Å²) in [6.07, 6.45) is -2.31. The highest BCUT2D eigenvalue weighted by atomic mass is 19.4. The van der Waals surface area contributed by atoms with Crippen molar-refractivity contribution in [3.05, 3.63) is 36.4 Å². The number of aromatic nitrogens is 2. The van der Waals surface area contributed by atoms with Gasteiger partial charge < -0.3 is 0 Å². The number of pyridine rings is 1. The van der Waals surface area contributed by atoms with Crippen LogP contribution in [0.15, 0.2) is 30.6 Å². The van der Waals surface area contributed by atoms with Crippen LogP contribution in [-0.4, -0.2) is 21.3 Å². The first-order valence-electron chi connectivity index (χ1n) is 4.04. The molecule has 0 unspecified atom stereocenters. The average molecular weight is 214 g/mol. The Bertz CT molecular complexity index is 515. The lowest BCUT2D eigenvalue weighted by atomic mass is 10.3. The topological polar surface area (TPSA) is 34.4 Å². The Labute approximate surface area is 82.2 Å². The standard InChI is InChI=1S/C9H5F3N2O/c10-9(11,12)7(15)8-13-5-6-3-1-2-4-14(6)8/h1-5H. The molecular weight excluding hydrogens is 209 g/mol. The van der Waals surface area contributed by atoms with Gasteiger partial charge in [0.25, 0.3) is 0 Å². The molecule has 2 rings (SSSR count). The molecule has 2 aromatic heterocycles. The summed E-state index contributed by atoms with van der Waals surface area (Å²) in [5.74, 6) is -2.55. The summed E-state index contributed by atoms with van der Waals surface area (Å²) in [5.41, 5.74) is 0.449. The zero-order valence-corrected chi connectivity index (χ0v) is 7.32. The maximum absolute atomic E-state index is 12.1. The van der Waals surface area contributed by atoms with E-state index in [1.807, 2.05) is 0 Å². The van der Waals surface area contributed by atoms with Crippen molar-refractivity contribution in [1.29, 1.82) is 0 Å². The van der Waals surface area contributed by atoms with Gasteiger partial charge >= 0.3 is 12.0 Å². The molecule has 0 spiro atoms. The Morgan fingerprint density at radius 3 is 2.73 bits per heavy atom. The molecule has 0 bridgehead atoms. The quantitative estimate of drug-likeness (QED) is 0.681. The third kappa shape index (κ3) is 1.58. The van der Waals surface area contributed by atoms with Crippen LogP contribution in [0.1, 0.15) is 10.6 Å². The average Bonchev–Trinajstić information content (AvgIpc) is 2.58. The van der Waals surface area contributed by atoms with Crippen molar-refractivity contribution in [3.63, 3.8) is 0 Å². The zero-order valence-electron chi connectivity index (χ0n) is 7.32. The Morgan fingerprint density at radius 2 is 2.07 bits per heavy atom. The van der Waals surface area contributed by atoms with Gasteiger partial charge in [-0.15, -0.1) is 0 Å². The second-order valence-corrected chi connectivity index (χ2v) is 2.90. The molecule has 0 aliphatic carbocycles. The van der Waals surface area contributed by atoms with Crippen molar-refractivity contribution >= 4 is 11.3 Å².